The van der Waals surface area contributed by atoms with Crippen LogP contribution in [0.5, 0.6) is 0 Å². The average Bonchev–Trinajstić information content (AvgIpc) is 2.01. The van der Waals surface area contributed by atoms with E-state index in [0.29, 0.717) is 5.41 Å². The van der Waals surface area contributed by atoms with E-state index in [0.717, 1.165) is 17.9 Å². The van der Waals surface area contributed by atoms with Gasteiger partial charge in [-0.15, -0.1) is 0 Å². The number of hydrogen-bond acceptors (Lipinski definition) is 1. The number of hydrogen-bond donors (Lipinski definition) is 1. The lowest BCUT2D eigenvalue weighted by Crippen LogP contribution is -2.53. The smallest absolute Gasteiger partial charge is 0.0419 e. The summed E-state index contributed by atoms with van der Waals surface area (Å²) in [7, 11) is 0. The van der Waals surface area contributed by atoms with Crippen LogP contribution in [0.25, 0.3) is 0 Å². The van der Waals surface area contributed by atoms with E-state index in [9.17, 15) is 0 Å². The van der Waals surface area contributed by atoms with Crippen molar-refractivity contribution in [1.82, 2.24) is 0 Å². The quantitative estimate of drug-likeness (QED) is 0.755. The lowest BCUT2D eigenvalue weighted by Gasteiger charge is -2.51. The van der Waals surface area contributed by atoms with Gasteiger partial charge in [-0.05, 0) is 36.0 Å². The van der Waals surface area contributed by atoms with Gasteiger partial charge in [0.25, 0.3) is 0 Å². The molecule has 1 aliphatic rings. The van der Waals surface area contributed by atoms with Crippen molar-refractivity contribution in [2.24, 2.45) is 11.1 Å². The van der Waals surface area contributed by atoms with Crippen LogP contribution < -0.4 is 5.73 Å². The summed E-state index contributed by atoms with van der Waals surface area (Å²) >= 11 is 5.84. The van der Waals surface area contributed by atoms with Gasteiger partial charge in [0.1, 0.15) is 0 Å². The summed E-state index contributed by atoms with van der Waals surface area (Å²) in [5, 5.41) is 0.774. The highest BCUT2D eigenvalue weighted by molar-refractivity contribution is 6.30. The first kappa shape index (κ1) is 10.0. The van der Waals surface area contributed by atoms with Gasteiger partial charge in [-0.1, -0.05) is 37.6 Å². The van der Waals surface area contributed by atoms with Crippen LogP contribution in [-0.2, 0) is 5.54 Å². The maximum atomic E-state index is 6.31. The zero-order valence-electron chi connectivity index (χ0n) is 8.68. The topological polar surface area (TPSA) is 26.0 Å². The van der Waals surface area contributed by atoms with Crippen LogP contribution in [0.1, 0.15) is 32.3 Å². The van der Waals surface area contributed by atoms with Gasteiger partial charge in [0.2, 0.25) is 0 Å². The van der Waals surface area contributed by atoms with Crippen LogP contribution in [-0.4, -0.2) is 0 Å². The molecule has 1 aliphatic carbocycles. The molecule has 0 radical (unpaired) electrons. The third kappa shape index (κ3) is 1.67. The van der Waals surface area contributed by atoms with Crippen molar-refractivity contribution in [3.63, 3.8) is 0 Å². The second kappa shape index (κ2) is 2.98. The molecule has 0 heterocycles. The van der Waals surface area contributed by atoms with Crippen LogP contribution >= 0.6 is 11.6 Å². The Bertz CT molecular complexity index is 332. The van der Waals surface area contributed by atoms with Crippen molar-refractivity contribution in [3.8, 4) is 0 Å². The first-order valence-electron chi connectivity index (χ1n) is 4.96. The molecule has 0 spiro atoms. The van der Waals surface area contributed by atoms with Gasteiger partial charge in [0.05, 0.1) is 0 Å². The van der Waals surface area contributed by atoms with Gasteiger partial charge in [-0.3, -0.25) is 0 Å². The zero-order valence-corrected chi connectivity index (χ0v) is 9.43. The first-order chi connectivity index (χ1) is 6.41. The summed E-state index contributed by atoms with van der Waals surface area (Å²) in [6, 6.07) is 7.91. The number of nitrogens with two attached hydrogens (primary N) is 1. The van der Waals surface area contributed by atoms with Gasteiger partial charge in [-0.2, -0.15) is 0 Å². The Morgan fingerprint density at radius 3 is 2.07 bits per heavy atom. The fourth-order valence-corrected chi connectivity index (χ4v) is 2.77. The first-order valence-corrected chi connectivity index (χ1v) is 5.34. The van der Waals surface area contributed by atoms with E-state index < -0.39 is 0 Å². The van der Waals surface area contributed by atoms with Crippen molar-refractivity contribution >= 4 is 11.6 Å². The van der Waals surface area contributed by atoms with E-state index in [1.54, 1.807) is 0 Å². The molecule has 1 saturated carbocycles. The van der Waals surface area contributed by atoms with Crippen LogP contribution in [0.4, 0.5) is 0 Å². The van der Waals surface area contributed by atoms with Gasteiger partial charge in [0.15, 0.2) is 0 Å². The van der Waals surface area contributed by atoms with Crippen molar-refractivity contribution in [2.75, 3.05) is 0 Å². The molecule has 0 aromatic heterocycles. The van der Waals surface area contributed by atoms with Crippen LogP contribution in [0.15, 0.2) is 24.3 Å². The van der Waals surface area contributed by atoms with Crippen molar-refractivity contribution in [2.45, 2.75) is 32.2 Å². The molecule has 0 bridgehead atoms. The molecule has 0 unspecified atom stereocenters. The minimum absolute atomic E-state index is 0.117. The Balaban J connectivity index is 2.21. The average molecular weight is 210 g/mol. The van der Waals surface area contributed by atoms with Crippen molar-refractivity contribution in [1.29, 1.82) is 0 Å². The lowest BCUT2D eigenvalue weighted by atomic mass is 9.57. The molecular weight excluding hydrogens is 194 g/mol. The van der Waals surface area contributed by atoms with Crippen molar-refractivity contribution < 1.29 is 0 Å². The second-order valence-electron chi connectivity index (χ2n) is 5.18. The largest absolute Gasteiger partial charge is 0.321 e. The predicted molar refractivity (Wildman–Crippen MR) is 60.3 cm³/mol. The van der Waals surface area contributed by atoms with E-state index in [1.165, 1.54) is 5.56 Å². The number of halogens is 1. The molecule has 76 valence electrons. The van der Waals surface area contributed by atoms with Crippen LogP contribution in [0.3, 0.4) is 0 Å². The summed E-state index contributed by atoms with van der Waals surface area (Å²) in [5.74, 6) is 0. The summed E-state index contributed by atoms with van der Waals surface area (Å²) < 4.78 is 0. The van der Waals surface area contributed by atoms with Gasteiger partial charge < -0.3 is 5.73 Å². The monoisotopic (exact) mass is 209 g/mol. The van der Waals surface area contributed by atoms with Crippen LogP contribution in [0, 0.1) is 5.41 Å². The highest BCUT2D eigenvalue weighted by Crippen LogP contribution is 2.51. The van der Waals surface area contributed by atoms with Gasteiger partial charge in [-0.25, -0.2) is 0 Å². The molecule has 1 aromatic carbocycles. The predicted octanol–water partition coefficient (Wildman–Crippen LogP) is 3.31. The lowest BCUT2D eigenvalue weighted by molar-refractivity contribution is 0.0618. The fraction of sp³-hybridized carbons (Fsp3) is 0.500. The van der Waals surface area contributed by atoms with Crippen LogP contribution in [0.2, 0.25) is 5.02 Å². The Kier molecular flexibility index (Phi) is 2.13. The molecular formula is C12H16ClN. The SMILES string of the molecule is CC1(C)CC(N)(c2ccc(Cl)cc2)C1. The second-order valence-corrected chi connectivity index (χ2v) is 5.62. The Morgan fingerprint density at radius 1 is 1.14 bits per heavy atom. The molecule has 1 nitrogen and oxygen atoms in total. The van der Waals surface area contributed by atoms with E-state index in [1.807, 2.05) is 24.3 Å². The maximum absolute atomic E-state index is 6.31. The molecule has 2 N–H and O–H groups in total. The molecule has 2 rings (SSSR count). The minimum atomic E-state index is -0.117. The van der Waals surface area contributed by atoms with Gasteiger partial charge in [0, 0.05) is 10.6 Å². The van der Waals surface area contributed by atoms with E-state index in [4.69, 9.17) is 17.3 Å². The molecule has 0 atom stereocenters. The molecule has 14 heavy (non-hydrogen) atoms. The summed E-state index contributed by atoms with van der Waals surface area (Å²) in [6.45, 7) is 4.52. The molecule has 1 aromatic rings. The number of benzene rings is 1. The Labute approximate surface area is 90.3 Å². The summed E-state index contributed by atoms with van der Waals surface area (Å²) in [6.07, 6.45) is 2.11. The normalized spacial score (nSPS) is 22.9. The molecule has 0 saturated heterocycles. The molecule has 0 amide bonds. The summed E-state index contributed by atoms with van der Waals surface area (Å²) in [5.41, 5.74) is 7.80. The molecule has 0 aliphatic heterocycles. The Morgan fingerprint density at radius 2 is 1.64 bits per heavy atom. The highest BCUT2D eigenvalue weighted by Gasteiger charge is 2.47. The minimum Gasteiger partial charge on any atom is -0.321 e. The number of rotatable bonds is 1. The van der Waals surface area contributed by atoms with E-state index in [-0.39, 0.29) is 5.54 Å². The fourth-order valence-electron chi connectivity index (χ4n) is 2.64. The third-order valence-corrected chi connectivity index (χ3v) is 3.26. The maximum Gasteiger partial charge on any atom is 0.0419 e. The standard InChI is InChI=1S/C12H16ClN/c1-11(2)7-12(14,8-11)9-3-5-10(13)6-4-9/h3-6H,7-8,14H2,1-2H3. The summed E-state index contributed by atoms with van der Waals surface area (Å²) in [4.78, 5) is 0. The highest BCUT2D eigenvalue weighted by atomic mass is 35.5. The molecule has 2 heteroatoms. The zero-order chi connectivity index (χ0) is 10.4. The third-order valence-electron chi connectivity index (χ3n) is 3.01. The van der Waals surface area contributed by atoms with Gasteiger partial charge >= 0.3 is 0 Å². The Hall–Kier alpha value is -0.530. The van der Waals surface area contributed by atoms with Crippen molar-refractivity contribution in [3.05, 3.63) is 34.9 Å². The van der Waals surface area contributed by atoms with E-state index in [2.05, 4.69) is 13.8 Å². The van der Waals surface area contributed by atoms with E-state index >= 15 is 0 Å². The molecule has 1 fully saturated rings.